The van der Waals surface area contributed by atoms with Gasteiger partial charge in [0.15, 0.2) is 11.5 Å². The number of methoxy groups -OCH3 is 2. The number of benzene rings is 2. The van der Waals surface area contributed by atoms with Crippen LogP contribution in [0.25, 0.3) is 0 Å². The average molecular weight is 372 g/mol. The number of halogens is 1. The van der Waals surface area contributed by atoms with Gasteiger partial charge in [-0.2, -0.15) is 0 Å². The van der Waals surface area contributed by atoms with E-state index in [2.05, 4.69) is 10.2 Å². The lowest BCUT2D eigenvalue weighted by Gasteiger charge is -2.29. The van der Waals surface area contributed by atoms with Crippen molar-refractivity contribution in [3.8, 4) is 11.5 Å². The monoisotopic (exact) mass is 372 g/mol. The van der Waals surface area contributed by atoms with Crippen LogP contribution in [0.3, 0.4) is 0 Å². The number of hydrogen-bond donors (Lipinski definition) is 1. The lowest BCUT2D eigenvalue weighted by molar-refractivity contribution is -0.121. The Balaban J connectivity index is 1.51. The molecule has 6 heteroatoms. The molecule has 0 aliphatic carbocycles. The van der Waals surface area contributed by atoms with E-state index in [1.165, 1.54) is 17.2 Å². The molecule has 0 bridgehead atoms. The maximum absolute atomic E-state index is 13.6. The van der Waals surface area contributed by atoms with E-state index in [0.29, 0.717) is 18.5 Å². The summed E-state index contributed by atoms with van der Waals surface area (Å²) in [7, 11) is 3.27. The average Bonchev–Trinajstić information content (AvgIpc) is 2.70. The molecule has 0 radical (unpaired) electrons. The minimum absolute atomic E-state index is 0.0728. The molecule has 0 atom stereocenters. The highest BCUT2D eigenvalue weighted by molar-refractivity contribution is 5.76. The summed E-state index contributed by atoms with van der Waals surface area (Å²) < 4.78 is 24.3. The second kappa shape index (κ2) is 8.86. The van der Waals surface area contributed by atoms with Gasteiger partial charge < -0.3 is 14.8 Å². The van der Waals surface area contributed by atoms with Gasteiger partial charge in [0.2, 0.25) is 5.91 Å². The number of hydrogen-bond acceptors (Lipinski definition) is 4. The van der Waals surface area contributed by atoms with E-state index in [4.69, 9.17) is 9.47 Å². The Morgan fingerprint density at radius 3 is 2.56 bits per heavy atom. The first-order chi connectivity index (χ1) is 13.1. The first-order valence-electron chi connectivity index (χ1n) is 9.07. The second-order valence-corrected chi connectivity index (χ2v) is 6.62. The van der Waals surface area contributed by atoms with Gasteiger partial charge in [-0.1, -0.05) is 18.2 Å². The van der Waals surface area contributed by atoms with Gasteiger partial charge in [0.25, 0.3) is 0 Å². The summed E-state index contributed by atoms with van der Waals surface area (Å²) in [6.07, 6.45) is 1.30. The zero-order valence-corrected chi connectivity index (χ0v) is 15.8. The van der Waals surface area contributed by atoms with Gasteiger partial charge in [0.05, 0.1) is 14.2 Å². The predicted molar refractivity (Wildman–Crippen MR) is 101 cm³/mol. The molecule has 1 aliphatic heterocycles. The Hall–Kier alpha value is -2.60. The summed E-state index contributed by atoms with van der Waals surface area (Å²) in [5.41, 5.74) is 2.96. The fraction of sp³-hybridized carbons (Fsp3) is 0.381. The fourth-order valence-corrected chi connectivity index (χ4v) is 3.32. The number of ether oxygens (including phenoxy) is 2. The van der Waals surface area contributed by atoms with Gasteiger partial charge in [-0.05, 0) is 35.7 Å². The summed E-state index contributed by atoms with van der Waals surface area (Å²) in [4.78, 5) is 14.4. The topological polar surface area (TPSA) is 50.8 Å². The maximum Gasteiger partial charge on any atom is 0.221 e. The second-order valence-electron chi connectivity index (χ2n) is 6.62. The van der Waals surface area contributed by atoms with E-state index in [-0.39, 0.29) is 18.3 Å². The standard InChI is InChI=1S/C21H25FN2O3/c1-26-19-11-15-7-9-24(14-17(15)12-20(19)27-2)10-8-21(25)23-13-16-5-3-4-6-18(16)22/h3-6,11-12H,7-10,13-14H2,1-2H3,(H,23,25). The van der Waals surface area contributed by atoms with Crippen LogP contribution in [0.2, 0.25) is 0 Å². The van der Waals surface area contributed by atoms with Crippen LogP contribution in [-0.2, 0) is 24.3 Å². The molecular formula is C21H25FN2O3. The van der Waals surface area contributed by atoms with E-state index in [1.807, 2.05) is 12.1 Å². The van der Waals surface area contributed by atoms with Gasteiger partial charge in [0, 0.05) is 38.2 Å². The van der Waals surface area contributed by atoms with E-state index in [0.717, 1.165) is 31.0 Å². The van der Waals surface area contributed by atoms with Crippen LogP contribution in [0.4, 0.5) is 4.39 Å². The Labute approximate surface area is 159 Å². The van der Waals surface area contributed by atoms with Gasteiger partial charge in [-0.15, -0.1) is 0 Å². The molecule has 0 saturated heterocycles. The Kier molecular flexibility index (Phi) is 6.29. The normalized spacial score (nSPS) is 13.7. The number of rotatable bonds is 7. The molecule has 3 rings (SSSR count). The molecule has 144 valence electrons. The van der Waals surface area contributed by atoms with Crippen molar-refractivity contribution in [1.29, 1.82) is 0 Å². The summed E-state index contributed by atoms with van der Waals surface area (Å²) in [5, 5.41) is 2.79. The van der Waals surface area contributed by atoms with Crippen LogP contribution in [0.5, 0.6) is 11.5 Å². The van der Waals surface area contributed by atoms with Crippen LogP contribution in [0.1, 0.15) is 23.1 Å². The molecule has 0 saturated carbocycles. The van der Waals surface area contributed by atoms with Crippen LogP contribution in [0, 0.1) is 5.82 Å². The van der Waals surface area contributed by atoms with Gasteiger partial charge >= 0.3 is 0 Å². The predicted octanol–water partition coefficient (Wildman–Crippen LogP) is 2.91. The molecule has 2 aromatic rings. The largest absolute Gasteiger partial charge is 0.493 e. The fourth-order valence-electron chi connectivity index (χ4n) is 3.32. The van der Waals surface area contributed by atoms with E-state index in [1.54, 1.807) is 32.4 Å². The highest BCUT2D eigenvalue weighted by atomic mass is 19.1. The smallest absolute Gasteiger partial charge is 0.221 e. The Morgan fingerprint density at radius 1 is 1.15 bits per heavy atom. The quantitative estimate of drug-likeness (QED) is 0.812. The van der Waals surface area contributed by atoms with Crippen molar-refractivity contribution >= 4 is 5.91 Å². The molecule has 1 amide bonds. The van der Waals surface area contributed by atoms with Crippen molar-refractivity contribution in [3.63, 3.8) is 0 Å². The SMILES string of the molecule is COc1cc2c(cc1OC)CN(CCC(=O)NCc1ccccc1F)CC2. The number of fused-ring (bicyclic) bond motifs is 1. The lowest BCUT2D eigenvalue weighted by atomic mass is 9.98. The molecule has 0 spiro atoms. The number of carbonyl (C=O) groups is 1. The van der Waals surface area contributed by atoms with Gasteiger partial charge in [0.1, 0.15) is 5.82 Å². The number of carbonyl (C=O) groups excluding carboxylic acids is 1. The summed E-state index contributed by atoms with van der Waals surface area (Å²) in [5.74, 6) is 1.10. The third kappa shape index (κ3) is 4.77. The Bertz CT molecular complexity index is 810. The zero-order valence-electron chi connectivity index (χ0n) is 15.8. The molecule has 0 fully saturated rings. The summed E-state index contributed by atoms with van der Waals surface area (Å²) in [6.45, 7) is 2.54. The van der Waals surface area contributed by atoms with Crippen LogP contribution < -0.4 is 14.8 Å². The Morgan fingerprint density at radius 2 is 1.85 bits per heavy atom. The van der Waals surface area contributed by atoms with E-state index < -0.39 is 0 Å². The summed E-state index contributed by atoms with van der Waals surface area (Å²) in [6, 6.07) is 10.5. The van der Waals surface area contributed by atoms with Crippen LogP contribution in [0.15, 0.2) is 36.4 Å². The maximum atomic E-state index is 13.6. The molecule has 5 nitrogen and oxygen atoms in total. The van der Waals surface area contributed by atoms with Crippen molar-refractivity contribution in [1.82, 2.24) is 10.2 Å². The van der Waals surface area contributed by atoms with Crippen LogP contribution in [-0.4, -0.2) is 38.1 Å². The minimum Gasteiger partial charge on any atom is -0.493 e. The highest BCUT2D eigenvalue weighted by Gasteiger charge is 2.20. The molecule has 2 aromatic carbocycles. The number of nitrogens with zero attached hydrogens (tertiary/aromatic N) is 1. The third-order valence-corrected chi connectivity index (χ3v) is 4.89. The van der Waals surface area contributed by atoms with Gasteiger partial charge in [-0.25, -0.2) is 4.39 Å². The van der Waals surface area contributed by atoms with Gasteiger partial charge in [-0.3, -0.25) is 9.69 Å². The molecule has 0 unspecified atom stereocenters. The molecule has 27 heavy (non-hydrogen) atoms. The highest BCUT2D eigenvalue weighted by Crippen LogP contribution is 2.33. The van der Waals surface area contributed by atoms with Crippen molar-refractivity contribution in [2.24, 2.45) is 0 Å². The third-order valence-electron chi connectivity index (χ3n) is 4.89. The van der Waals surface area contributed by atoms with Crippen molar-refractivity contribution in [2.45, 2.75) is 25.9 Å². The van der Waals surface area contributed by atoms with Crippen LogP contribution >= 0.6 is 0 Å². The zero-order chi connectivity index (χ0) is 19.2. The van der Waals surface area contributed by atoms with Crippen molar-refractivity contribution in [2.75, 3.05) is 27.3 Å². The van der Waals surface area contributed by atoms with E-state index in [9.17, 15) is 9.18 Å². The molecule has 1 heterocycles. The van der Waals surface area contributed by atoms with E-state index >= 15 is 0 Å². The summed E-state index contributed by atoms with van der Waals surface area (Å²) >= 11 is 0. The first-order valence-corrected chi connectivity index (χ1v) is 9.07. The number of nitrogens with one attached hydrogen (secondary N) is 1. The minimum atomic E-state index is -0.296. The number of amides is 1. The lowest BCUT2D eigenvalue weighted by Crippen LogP contribution is -2.34. The molecule has 1 aliphatic rings. The van der Waals surface area contributed by atoms with Crippen molar-refractivity contribution in [3.05, 3.63) is 58.9 Å². The van der Waals surface area contributed by atoms with Crippen molar-refractivity contribution < 1.29 is 18.7 Å². The molecule has 1 N–H and O–H groups in total. The molecule has 0 aromatic heterocycles. The first kappa shape index (κ1) is 19.2. The molecular weight excluding hydrogens is 347 g/mol.